The summed E-state index contributed by atoms with van der Waals surface area (Å²) < 4.78 is 0. The van der Waals surface area contributed by atoms with Crippen LogP contribution < -0.4 is 5.32 Å². The molecule has 1 N–H and O–H groups in total. The smallest absolute Gasteiger partial charge is 0.0305 e. The lowest BCUT2D eigenvalue weighted by Gasteiger charge is -2.09. The van der Waals surface area contributed by atoms with E-state index in [1.807, 2.05) is 11.3 Å². The van der Waals surface area contributed by atoms with Gasteiger partial charge in [-0.25, -0.2) is 0 Å². The first-order valence-corrected chi connectivity index (χ1v) is 7.55. The van der Waals surface area contributed by atoms with Gasteiger partial charge in [0.25, 0.3) is 0 Å². The SMILES string of the molecule is CCc1ccccc1CNCc1sccc1CC. The van der Waals surface area contributed by atoms with Crippen LogP contribution in [0.25, 0.3) is 0 Å². The monoisotopic (exact) mass is 259 g/mol. The Hall–Kier alpha value is -1.12. The molecule has 1 aromatic carbocycles. The van der Waals surface area contributed by atoms with Gasteiger partial charge in [-0.3, -0.25) is 0 Å². The lowest BCUT2D eigenvalue weighted by molar-refractivity contribution is 0.692. The third-order valence-electron chi connectivity index (χ3n) is 3.32. The fraction of sp³-hybridized carbons (Fsp3) is 0.375. The standard InChI is InChI=1S/C16H21NS/c1-3-13-7-5-6-8-15(13)11-17-12-16-14(4-2)9-10-18-16/h5-10,17H,3-4,11-12H2,1-2H3. The second kappa shape index (κ2) is 6.72. The number of benzene rings is 1. The van der Waals surface area contributed by atoms with Crippen LogP contribution in [0.5, 0.6) is 0 Å². The first kappa shape index (κ1) is 13.3. The van der Waals surface area contributed by atoms with Crippen molar-refractivity contribution < 1.29 is 0 Å². The number of rotatable bonds is 6. The van der Waals surface area contributed by atoms with Crippen LogP contribution in [-0.4, -0.2) is 0 Å². The minimum absolute atomic E-state index is 0.963. The van der Waals surface area contributed by atoms with Gasteiger partial charge in [0.05, 0.1) is 0 Å². The molecule has 0 saturated heterocycles. The highest BCUT2D eigenvalue weighted by atomic mass is 32.1. The van der Waals surface area contributed by atoms with Gasteiger partial charge in [0.1, 0.15) is 0 Å². The van der Waals surface area contributed by atoms with E-state index in [0.29, 0.717) is 0 Å². The van der Waals surface area contributed by atoms with E-state index in [-0.39, 0.29) is 0 Å². The summed E-state index contributed by atoms with van der Waals surface area (Å²) >= 11 is 1.86. The Bertz CT molecular complexity index is 487. The van der Waals surface area contributed by atoms with Crippen molar-refractivity contribution in [1.29, 1.82) is 0 Å². The Morgan fingerprint density at radius 3 is 2.33 bits per heavy atom. The predicted octanol–water partition coefficient (Wildman–Crippen LogP) is 4.16. The van der Waals surface area contributed by atoms with Crippen molar-refractivity contribution in [3.8, 4) is 0 Å². The van der Waals surface area contributed by atoms with Gasteiger partial charge in [0.2, 0.25) is 0 Å². The molecule has 2 rings (SSSR count). The van der Waals surface area contributed by atoms with Crippen molar-refractivity contribution >= 4 is 11.3 Å². The van der Waals surface area contributed by atoms with Gasteiger partial charge >= 0.3 is 0 Å². The average Bonchev–Trinajstić information content (AvgIpc) is 2.87. The predicted molar refractivity (Wildman–Crippen MR) is 80.1 cm³/mol. The molecule has 0 amide bonds. The van der Waals surface area contributed by atoms with Crippen molar-refractivity contribution in [2.75, 3.05) is 0 Å². The van der Waals surface area contributed by atoms with Crippen LogP contribution in [0, 0.1) is 0 Å². The molecule has 0 atom stereocenters. The zero-order chi connectivity index (χ0) is 12.8. The second-order valence-corrected chi connectivity index (χ2v) is 5.45. The minimum Gasteiger partial charge on any atom is -0.308 e. The van der Waals surface area contributed by atoms with E-state index in [4.69, 9.17) is 0 Å². The Morgan fingerprint density at radius 2 is 1.61 bits per heavy atom. The first-order valence-electron chi connectivity index (χ1n) is 6.67. The number of hydrogen-bond donors (Lipinski definition) is 1. The molecule has 0 unspecified atom stereocenters. The van der Waals surface area contributed by atoms with Crippen molar-refractivity contribution in [1.82, 2.24) is 5.32 Å². The maximum Gasteiger partial charge on any atom is 0.0305 e. The van der Waals surface area contributed by atoms with Crippen molar-refractivity contribution in [2.45, 2.75) is 39.8 Å². The molecule has 96 valence electrons. The van der Waals surface area contributed by atoms with E-state index in [9.17, 15) is 0 Å². The first-order chi connectivity index (χ1) is 8.85. The van der Waals surface area contributed by atoms with Gasteiger partial charge in [0, 0.05) is 18.0 Å². The third-order valence-corrected chi connectivity index (χ3v) is 4.28. The summed E-state index contributed by atoms with van der Waals surface area (Å²) in [6, 6.07) is 10.9. The molecule has 2 heteroatoms. The number of aryl methyl sites for hydroxylation is 2. The quantitative estimate of drug-likeness (QED) is 0.821. The van der Waals surface area contributed by atoms with Crippen molar-refractivity contribution in [3.63, 3.8) is 0 Å². The molecular formula is C16H21NS. The highest BCUT2D eigenvalue weighted by Gasteiger charge is 2.03. The van der Waals surface area contributed by atoms with Crippen molar-refractivity contribution in [3.05, 3.63) is 57.3 Å². The largest absolute Gasteiger partial charge is 0.308 e. The third kappa shape index (κ3) is 3.21. The van der Waals surface area contributed by atoms with Gasteiger partial charge in [-0.2, -0.15) is 0 Å². The molecule has 0 saturated carbocycles. The van der Waals surface area contributed by atoms with Crippen LogP contribution in [0.1, 0.15) is 35.4 Å². The van der Waals surface area contributed by atoms with E-state index in [1.165, 1.54) is 21.6 Å². The second-order valence-electron chi connectivity index (χ2n) is 4.45. The van der Waals surface area contributed by atoms with Crippen LogP contribution in [-0.2, 0) is 25.9 Å². The molecule has 1 heterocycles. The maximum atomic E-state index is 3.56. The molecule has 1 nitrogen and oxygen atoms in total. The number of hydrogen-bond acceptors (Lipinski definition) is 2. The molecule has 0 aliphatic heterocycles. The molecule has 0 radical (unpaired) electrons. The summed E-state index contributed by atoms with van der Waals surface area (Å²) in [5.41, 5.74) is 4.36. The average molecular weight is 259 g/mol. The molecule has 0 fully saturated rings. The fourth-order valence-electron chi connectivity index (χ4n) is 2.22. The summed E-state index contributed by atoms with van der Waals surface area (Å²) in [7, 11) is 0. The van der Waals surface area contributed by atoms with Gasteiger partial charge in [-0.15, -0.1) is 11.3 Å². The molecule has 2 aromatic rings. The fourth-order valence-corrected chi connectivity index (χ4v) is 3.17. The van der Waals surface area contributed by atoms with Crippen LogP contribution in [0.3, 0.4) is 0 Å². The van der Waals surface area contributed by atoms with E-state index >= 15 is 0 Å². The maximum absolute atomic E-state index is 3.56. The summed E-state index contributed by atoms with van der Waals surface area (Å²) in [4.78, 5) is 1.48. The Balaban J connectivity index is 1.92. The van der Waals surface area contributed by atoms with Crippen molar-refractivity contribution in [2.24, 2.45) is 0 Å². The lowest BCUT2D eigenvalue weighted by atomic mass is 10.1. The van der Waals surface area contributed by atoms with Crippen LogP contribution in [0.4, 0.5) is 0 Å². The van der Waals surface area contributed by atoms with Gasteiger partial charge in [-0.05, 0) is 41.0 Å². The van der Waals surface area contributed by atoms with E-state index in [0.717, 1.165) is 25.9 Å². The van der Waals surface area contributed by atoms with E-state index in [1.54, 1.807) is 0 Å². The van der Waals surface area contributed by atoms with Gasteiger partial charge in [0.15, 0.2) is 0 Å². The Kier molecular flexibility index (Phi) is 4.97. The van der Waals surface area contributed by atoms with Gasteiger partial charge < -0.3 is 5.32 Å². The number of thiophene rings is 1. The highest BCUT2D eigenvalue weighted by molar-refractivity contribution is 7.10. The molecule has 18 heavy (non-hydrogen) atoms. The molecular weight excluding hydrogens is 238 g/mol. The highest BCUT2D eigenvalue weighted by Crippen LogP contribution is 2.17. The summed E-state index contributed by atoms with van der Waals surface area (Å²) in [5, 5.41) is 5.75. The Labute approximate surface area is 114 Å². The van der Waals surface area contributed by atoms with Crippen LogP contribution >= 0.6 is 11.3 Å². The van der Waals surface area contributed by atoms with Crippen LogP contribution in [0.15, 0.2) is 35.7 Å². The zero-order valence-corrected chi connectivity index (χ0v) is 12.0. The lowest BCUT2D eigenvalue weighted by Crippen LogP contribution is -2.13. The molecule has 0 aliphatic rings. The number of nitrogens with one attached hydrogen (secondary N) is 1. The summed E-state index contributed by atoms with van der Waals surface area (Å²) in [6.07, 6.45) is 2.24. The topological polar surface area (TPSA) is 12.0 Å². The molecule has 1 aromatic heterocycles. The zero-order valence-electron chi connectivity index (χ0n) is 11.2. The molecule has 0 bridgehead atoms. The Morgan fingerprint density at radius 1 is 0.889 bits per heavy atom. The van der Waals surface area contributed by atoms with E-state index in [2.05, 4.69) is 54.9 Å². The van der Waals surface area contributed by atoms with Crippen LogP contribution in [0.2, 0.25) is 0 Å². The molecule has 0 spiro atoms. The summed E-state index contributed by atoms with van der Waals surface area (Å²) in [5.74, 6) is 0. The normalized spacial score (nSPS) is 10.8. The van der Waals surface area contributed by atoms with E-state index < -0.39 is 0 Å². The minimum atomic E-state index is 0.963. The van der Waals surface area contributed by atoms with Gasteiger partial charge in [-0.1, -0.05) is 38.1 Å². The summed E-state index contributed by atoms with van der Waals surface area (Å²) in [6.45, 7) is 6.38. The molecule has 0 aliphatic carbocycles.